The minimum Gasteiger partial charge on any atom is -0.497 e. The van der Waals surface area contributed by atoms with Gasteiger partial charge in [-0.3, -0.25) is 0 Å². The van der Waals surface area contributed by atoms with E-state index in [0.717, 1.165) is 17.2 Å². The van der Waals surface area contributed by atoms with Crippen LogP contribution in [0.1, 0.15) is 5.56 Å². The molecule has 2 aromatic carbocycles. The quantitative estimate of drug-likeness (QED) is 0.817. The van der Waals surface area contributed by atoms with Crippen LogP contribution >= 0.6 is 0 Å². The molecule has 4 heteroatoms. The van der Waals surface area contributed by atoms with Crippen LogP contribution in [0.25, 0.3) is 0 Å². The summed E-state index contributed by atoms with van der Waals surface area (Å²) >= 11 is 0. The molecule has 0 heterocycles. The zero-order valence-electron chi connectivity index (χ0n) is 11.7. The van der Waals surface area contributed by atoms with Gasteiger partial charge in [0.1, 0.15) is 23.9 Å². The zero-order chi connectivity index (χ0) is 14.4. The highest BCUT2D eigenvalue weighted by Gasteiger charge is 1.99. The van der Waals surface area contributed by atoms with E-state index in [1.807, 2.05) is 24.3 Å². The fraction of sp³-hybridized carbons (Fsp3) is 0.250. The van der Waals surface area contributed by atoms with E-state index in [-0.39, 0.29) is 5.82 Å². The molecule has 0 aliphatic carbocycles. The number of nitrogens with one attached hydrogen (secondary N) is 1. The van der Waals surface area contributed by atoms with Crippen molar-refractivity contribution in [2.75, 3.05) is 25.6 Å². The van der Waals surface area contributed by atoms with E-state index in [1.54, 1.807) is 26.2 Å². The largest absolute Gasteiger partial charge is 0.497 e. The maximum atomic E-state index is 13.1. The smallest absolute Gasteiger partial charge is 0.126 e. The van der Waals surface area contributed by atoms with E-state index >= 15 is 0 Å². The van der Waals surface area contributed by atoms with E-state index in [1.165, 1.54) is 6.07 Å². The number of methoxy groups -OCH3 is 1. The van der Waals surface area contributed by atoms with Crippen molar-refractivity contribution < 1.29 is 13.9 Å². The minimum absolute atomic E-state index is 0.190. The van der Waals surface area contributed by atoms with Gasteiger partial charge in [-0.15, -0.1) is 0 Å². The maximum absolute atomic E-state index is 13.1. The summed E-state index contributed by atoms with van der Waals surface area (Å²) in [7, 11) is 1.63. The van der Waals surface area contributed by atoms with Crippen molar-refractivity contribution in [3.8, 4) is 11.5 Å². The highest BCUT2D eigenvalue weighted by atomic mass is 19.1. The van der Waals surface area contributed by atoms with Gasteiger partial charge in [-0.05, 0) is 55.0 Å². The van der Waals surface area contributed by atoms with Crippen LogP contribution in [0.15, 0.2) is 42.5 Å². The van der Waals surface area contributed by atoms with Gasteiger partial charge in [-0.25, -0.2) is 4.39 Å². The van der Waals surface area contributed by atoms with E-state index in [9.17, 15) is 4.39 Å². The average Bonchev–Trinajstić information content (AvgIpc) is 2.48. The average molecular weight is 275 g/mol. The Balaban J connectivity index is 1.76. The molecule has 1 N–H and O–H groups in total. The van der Waals surface area contributed by atoms with Crippen molar-refractivity contribution in [1.29, 1.82) is 0 Å². The molecule has 20 heavy (non-hydrogen) atoms. The van der Waals surface area contributed by atoms with Gasteiger partial charge < -0.3 is 14.8 Å². The Bertz CT molecular complexity index is 555. The normalized spacial score (nSPS) is 10.2. The molecule has 0 aromatic heterocycles. The monoisotopic (exact) mass is 275 g/mol. The fourth-order valence-electron chi connectivity index (χ4n) is 1.79. The van der Waals surface area contributed by atoms with Crippen molar-refractivity contribution >= 4 is 5.69 Å². The Kier molecular flexibility index (Phi) is 4.82. The number of halogens is 1. The number of rotatable bonds is 6. The summed E-state index contributed by atoms with van der Waals surface area (Å²) in [6.45, 7) is 2.92. The number of benzene rings is 2. The fourth-order valence-corrected chi connectivity index (χ4v) is 1.79. The summed E-state index contributed by atoms with van der Waals surface area (Å²) in [6, 6.07) is 12.4. The summed E-state index contributed by atoms with van der Waals surface area (Å²) in [5.74, 6) is 1.41. The molecule has 3 nitrogen and oxygen atoms in total. The van der Waals surface area contributed by atoms with Gasteiger partial charge in [-0.2, -0.15) is 0 Å². The summed E-state index contributed by atoms with van der Waals surface area (Å²) in [6.07, 6.45) is 0. The molecule has 2 rings (SSSR count). The zero-order valence-corrected chi connectivity index (χ0v) is 11.7. The Morgan fingerprint density at radius 1 is 1.05 bits per heavy atom. The second kappa shape index (κ2) is 6.80. The number of hydrogen-bond acceptors (Lipinski definition) is 3. The van der Waals surface area contributed by atoms with Crippen molar-refractivity contribution in [1.82, 2.24) is 0 Å². The van der Waals surface area contributed by atoms with Gasteiger partial charge in [0.15, 0.2) is 0 Å². The Morgan fingerprint density at radius 2 is 1.75 bits per heavy atom. The molecule has 0 radical (unpaired) electrons. The predicted octanol–water partition coefficient (Wildman–Crippen LogP) is 3.63. The third kappa shape index (κ3) is 3.88. The number of hydrogen-bond donors (Lipinski definition) is 1. The molecule has 0 atom stereocenters. The van der Waals surface area contributed by atoms with Crippen LogP contribution < -0.4 is 14.8 Å². The van der Waals surface area contributed by atoms with Crippen LogP contribution in [0.3, 0.4) is 0 Å². The SMILES string of the molecule is COc1ccc(OCCNc2ccc(F)c(C)c2)cc1. The third-order valence-electron chi connectivity index (χ3n) is 2.92. The van der Waals surface area contributed by atoms with Crippen LogP contribution in [-0.2, 0) is 0 Å². The first-order valence-electron chi connectivity index (χ1n) is 6.46. The standard InChI is InChI=1S/C16H18FNO2/c1-12-11-13(3-8-16(12)17)18-9-10-20-15-6-4-14(19-2)5-7-15/h3-8,11,18H,9-10H2,1-2H3. The molecular weight excluding hydrogens is 257 g/mol. The Hall–Kier alpha value is -2.23. The molecule has 0 bridgehead atoms. The van der Waals surface area contributed by atoms with Gasteiger partial charge in [0.05, 0.1) is 7.11 Å². The Labute approximate surface area is 118 Å². The van der Waals surface area contributed by atoms with Gasteiger partial charge >= 0.3 is 0 Å². The van der Waals surface area contributed by atoms with Crippen molar-refractivity contribution in [2.24, 2.45) is 0 Å². The predicted molar refractivity (Wildman–Crippen MR) is 78.1 cm³/mol. The Morgan fingerprint density at radius 3 is 2.40 bits per heavy atom. The number of anilines is 1. The molecule has 0 fully saturated rings. The lowest BCUT2D eigenvalue weighted by Crippen LogP contribution is -2.11. The minimum atomic E-state index is -0.190. The molecule has 0 aliphatic heterocycles. The summed E-state index contributed by atoms with van der Waals surface area (Å²) in [5, 5.41) is 3.19. The second-order valence-corrected chi connectivity index (χ2v) is 4.41. The van der Waals surface area contributed by atoms with Crippen LogP contribution in [0.5, 0.6) is 11.5 Å². The van der Waals surface area contributed by atoms with E-state index in [0.29, 0.717) is 18.7 Å². The van der Waals surface area contributed by atoms with E-state index in [2.05, 4.69) is 5.32 Å². The summed E-state index contributed by atoms with van der Waals surface area (Å²) < 4.78 is 23.8. The third-order valence-corrected chi connectivity index (χ3v) is 2.92. The summed E-state index contributed by atoms with van der Waals surface area (Å²) in [5.41, 5.74) is 1.52. The molecule has 0 unspecified atom stereocenters. The van der Waals surface area contributed by atoms with Gasteiger partial charge in [-0.1, -0.05) is 0 Å². The van der Waals surface area contributed by atoms with Crippen molar-refractivity contribution in [3.05, 3.63) is 53.8 Å². The van der Waals surface area contributed by atoms with Gasteiger partial charge in [0.2, 0.25) is 0 Å². The maximum Gasteiger partial charge on any atom is 0.126 e. The van der Waals surface area contributed by atoms with Crippen LogP contribution in [0.2, 0.25) is 0 Å². The molecular formula is C16H18FNO2. The second-order valence-electron chi connectivity index (χ2n) is 4.41. The number of aryl methyl sites for hydroxylation is 1. The lowest BCUT2D eigenvalue weighted by molar-refractivity contribution is 0.332. The topological polar surface area (TPSA) is 30.5 Å². The van der Waals surface area contributed by atoms with E-state index < -0.39 is 0 Å². The lowest BCUT2D eigenvalue weighted by Gasteiger charge is -2.10. The van der Waals surface area contributed by atoms with E-state index in [4.69, 9.17) is 9.47 Å². The first-order chi connectivity index (χ1) is 9.69. The number of ether oxygens (including phenoxy) is 2. The first-order valence-corrected chi connectivity index (χ1v) is 6.46. The van der Waals surface area contributed by atoms with Gasteiger partial charge in [0, 0.05) is 12.2 Å². The molecule has 0 saturated heterocycles. The molecule has 0 amide bonds. The molecule has 106 valence electrons. The van der Waals surface area contributed by atoms with Crippen molar-refractivity contribution in [2.45, 2.75) is 6.92 Å². The molecule has 0 spiro atoms. The van der Waals surface area contributed by atoms with Crippen LogP contribution in [0.4, 0.5) is 10.1 Å². The molecule has 0 saturated carbocycles. The van der Waals surface area contributed by atoms with Gasteiger partial charge in [0.25, 0.3) is 0 Å². The van der Waals surface area contributed by atoms with Crippen molar-refractivity contribution in [3.63, 3.8) is 0 Å². The molecule has 0 aliphatic rings. The highest BCUT2D eigenvalue weighted by molar-refractivity contribution is 5.45. The van der Waals surface area contributed by atoms with Crippen LogP contribution in [0, 0.1) is 12.7 Å². The highest BCUT2D eigenvalue weighted by Crippen LogP contribution is 2.17. The van der Waals surface area contributed by atoms with Crippen LogP contribution in [-0.4, -0.2) is 20.3 Å². The lowest BCUT2D eigenvalue weighted by atomic mass is 10.2. The molecule has 2 aromatic rings. The first kappa shape index (κ1) is 14.2. The summed E-state index contributed by atoms with van der Waals surface area (Å²) in [4.78, 5) is 0.